The fraction of sp³-hybridized carbons (Fsp3) is 0.733. The third-order valence-electron chi connectivity index (χ3n) is 4.41. The predicted molar refractivity (Wildman–Crippen MR) is 83.3 cm³/mol. The zero-order valence-electron chi connectivity index (χ0n) is 14.5. The second-order valence-corrected chi connectivity index (χ2v) is 7.67. The first kappa shape index (κ1) is 18.8. The summed E-state index contributed by atoms with van der Waals surface area (Å²) in [6.45, 7) is 5.43. The highest BCUT2D eigenvalue weighted by Crippen LogP contribution is 2.50. The molecule has 0 saturated carbocycles. The Bertz CT molecular complexity index is 709. The number of H-pyrrole nitrogens is 1. The number of carbonyl (C=O) groups is 1. The Labute approximate surface area is 147 Å². The maximum Gasteiger partial charge on any atom is 0.421 e. The standard InChI is InChI=1S/C15H21F3N4O4/c1-13(2,3)26-12(24)22-5-7(6-22)10-9-11(21-20-10)19-8(23)4-14(9,25)15(16,17)18/h7-8,23,25H,4-6H2,1-3H3,(H2,19,20,21). The van der Waals surface area contributed by atoms with Gasteiger partial charge in [-0.1, -0.05) is 0 Å². The molecule has 2 aliphatic heterocycles. The second-order valence-electron chi connectivity index (χ2n) is 7.67. The summed E-state index contributed by atoms with van der Waals surface area (Å²) in [5, 5.41) is 28.6. The molecule has 0 radical (unpaired) electrons. The number of fused-ring (bicyclic) bond motifs is 1. The number of hydrogen-bond acceptors (Lipinski definition) is 6. The summed E-state index contributed by atoms with van der Waals surface area (Å²) < 4.78 is 45.7. The van der Waals surface area contributed by atoms with Crippen molar-refractivity contribution in [2.75, 3.05) is 18.4 Å². The van der Waals surface area contributed by atoms with E-state index in [1.807, 2.05) is 0 Å². The molecule has 1 saturated heterocycles. The van der Waals surface area contributed by atoms with Gasteiger partial charge in [-0.3, -0.25) is 5.10 Å². The number of rotatable bonds is 1. The van der Waals surface area contributed by atoms with Crippen LogP contribution in [-0.4, -0.2) is 62.5 Å². The first-order chi connectivity index (χ1) is 11.8. The lowest BCUT2D eigenvalue weighted by molar-refractivity contribution is -0.276. The Balaban J connectivity index is 1.82. The van der Waals surface area contributed by atoms with Gasteiger partial charge in [-0.15, -0.1) is 0 Å². The fourth-order valence-electron chi connectivity index (χ4n) is 3.16. The fourth-order valence-corrected chi connectivity index (χ4v) is 3.16. The molecule has 2 atom stereocenters. The summed E-state index contributed by atoms with van der Waals surface area (Å²) >= 11 is 0. The van der Waals surface area contributed by atoms with Gasteiger partial charge < -0.3 is 25.2 Å². The molecule has 2 unspecified atom stereocenters. The molecule has 0 aliphatic carbocycles. The first-order valence-electron chi connectivity index (χ1n) is 8.12. The Morgan fingerprint density at radius 2 is 1.96 bits per heavy atom. The second kappa shape index (κ2) is 5.74. The number of anilines is 1. The molecular formula is C15H21F3N4O4. The lowest BCUT2D eigenvalue weighted by atomic mass is 9.81. The number of aliphatic hydroxyl groups excluding tert-OH is 1. The van der Waals surface area contributed by atoms with Gasteiger partial charge in [0, 0.05) is 25.4 Å². The molecule has 26 heavy (non-hydrogen) atoms. The number of halogens is 3. The lowest BCUT2D eigenvalue weighted by Gasteiger charge is -2.42. The number of ether oxygens (including phenoxy) is 1. The zero-order chi connectivity index (χ0) is 19.5. The van der Waals surface area contributed by atoms with E-state index in [2.05, 4.69) is 15.5 Å². The minimum absolute atomic E-state index is 0.0963. The summed E-state index contributed by atoms with van der Waals surface area (Å²) in [7, 11) is 0. The maximum absolute atomic E-state index is 13.5. The number of amides is 1. The quantitative estimate of drug-likeness (QED) is 0.591. The molecule has 146 valence electrons. The monoisotopic (exact) mass is 378 g/mol. The molecule has 0 spiro atoms. The van der Waals surface area contributed by atoms with E-state index >= 15 is 0 Å². The molecule has 11 heteroatoms. The number of nitrogens with zero attached hydrogens (tertiary/aromatic N) is 2. The van der Waals surface area contributed by atoms with Crippen molar-refractivity contribution >= 4 is 11.9 Å². The van der Waals surface area contributed by atoms with Crippen LogP contribution in [0.2, 0.25) is 0 Å². The molecule has 1 fully saturated rings. The van der Waals surface area contributed by atoms with E-state index in [4.69, 9.17) is 4.74 Å². The molecule has 3 rings (SSSR count). The topological polar surface area (TPSA) is 111 Å². The summed E-state index contributed by atoms with van der Waals surface area (Å²) in [5.74, 6) is -0.695. The van der Waals surface area contributed by atoms with Crippen molar-refractivity contribution in [3.8, 4) is 0 Å². The molecule has 4 N–H and O–H groups in total. The first-order valence-corrected chi connectivity index (χ1v) is 8.12. The van der Waals surface area contributed by atoms with Crippen LogP contribution in [0.4, 0.5) is 23.8 Å². The van der Waals surface area contributed by atoms with E-state index in [-0.39, 0.29) is 24.6 Å². The van der Waals surface area contributed by atoms with Crippen molar-refractivity contribution in [1.82, 2.24) is 15.1 Å². The number of likely N-dealkylation sites (tertiary alicyclic amines) is 1. The van der Waals surface area contributed by atoms with Gasteiger partial charge in [0.05, 0.1) is 11.3 Å². The minimum Gasteiger partial charge on any atom is -0.444 e. The third-order valence-corrected chi connectivity index (χ3v) is 4.41. The number of alkyl halides is 3. The lowest BCUT2D eigenvalue weighted by Crippen LogP contribution is -2.53. The molecule has 2 aliphatic rings. The molecule has 1 aromatic rings. The van der Waals surface area contributed by atoms with Gasteiger partial charge in [0.25, 0.3) is 0 Å². The van der Waals surface area contributed by atoms with Crippen molar-refractivity contribution in [1.29, 1.82) is 0 Å². The normalized spacial score (nSPS) is 26.8. The SMILES string of the molecule is CC(C)(C)OC(=O)N1CC(c2[nH]nc3c2C(O)(C(F)(F)F)CC(O)N3)C1. The van der Waals surface area contributed by atoms with Crippen LogP contribution in [0.3, 0.4) is 0 Å². The zero-order valence-corrected chi connectivity index (χ0v) is 14.5. The third kappa shape index (κ3) is 3.09. The van der Waals surface area contributed by atoms with Crippen molar-refractivity contribution in [2.24, 2.45) is 0 Å². The predicted octanol–water partition coefficient (Wildman–Crippen LogP) is 1.63. The minimum atomic E-state index is -4.99. The van der Waals surface area contributed by atoms with Crippen LogP contribution < -0.4 is 5.32 Å². The highest BCUT2D eigenvalue weighted by molar-refractivity contribution is 5.70. The Morgan fingerprint density at radius 3 is 2.50 bits per heavy atom. The van der Waals surface area contributed by atoms with E-state index in [9.17, 15) is 28.2 Å². The van der Waals surface area contributed by atoms with Gasteiger partial charge in [-0.2, -0.15) is 18.3 Å². The molecule has 1 amide bonds. The highest BCUT2D eigenvalue weighted by Gasteiger charge is 2.61. The van der Waals surface area contributed by atoms with Crippen molar-refractivity contribution in [3.63, 3.8) is 0 Å². The number of aliphatic hydroxyl groups is 2. The van der Waals surface area contributed by atoms with Gasteiger partial charge in [-0.05, 0) is 20.8 Å². The smallest absolute Gasteiger partial charge is 0.421 e. The van der Waals surface area contributed by atoms with Crippen LogP contribution in [0.15, 0.2) is 0 Å². The van der Waals surface area contributed by atoms with E-state index < -0.39 is 47.6 Å². The summed E-state index contributed by atoms with van der Waals surface area (Å²) in [4.78, 5) is 13.3. The van der Waals surface area contributed by atoms with Crippen LogP contribution in [0.5, 0.6) is 0 Å². The van der Waals surface area contributed by atoms with Crippen molar-refractivity contribution < 1.29 is 32.9 Å². The number of nitrogens with one attached hydrogen (secondary N) is 2. The van der Waals surface area contributed by atoms with Gasteiger partial charge in [-0.25, -0.2) is 4.79 Å². The van der Waals surface area contributed by atoms with Crippen molar-refractivity contribution in [3.05, 3.63) is 11.3 Å². The maximum atomic E-state index is 13.5. The molecule has 0 aromatic carbocycles. The average molecular weight is 378 g/mol. The summed E-state index contributed by atoms with van der Waals surface area (Å²) in [6.07, 6.45) is -8.07. The van der Waals surface area contributed by atoms with E-state index in [1.54, 1.807) is 20.8 Å². The van der Waals surface area contributed by atoms with Gasteiger partial charge in [0.15, 0.2) is 11.4 Å². The summed E-state index contributed by atoms with van der Waals surface area (Å²) in [6, 6.07) is 0. The van der Waals surface area contributed by atoms with E-state index in [1.165, 1.54) is 4.90 Å². The van der Waals surface area contributed by atoms with Crippen LogP contribution in [0, 0.1) is 0 Å². The van der Waals surface area contributed by atoms with E-state index in [0.29, 0.717) is 0 Å². The molecule has 3 heterocycles. The van der Waals surface area contributed by atoms with Crippen molar-refractivity contribution in [2.45, 2.75) is 56.7 Å². The summed E-state index contributed by atoms with van der Waals surface area (Å²) in [5.41, 5.74) is -4.23. The Hall–Kier alpha value is -2.01. The Kier molecular flexibility index (Phi) is 4.15. The number of hydrogen-bond donors (Lipinski definition) is 4. The van der Waals surface area contributed by atoms with Gasteiger partial charge in [0.2, 0.25) is 0 Å². The van der Waals surface area contributed by atoms with Crippen LogP contribution >= 0.6 is 0 Å². The number of aromatic amines is 1. The molecular weight excluding hydrogens is 357 g/mol. The van der Waals surface area contributed by atoms with E-state index in [0.717, 1.165) is 0 Å². The molecule has 8 nitrogen and oxygen atoms in total. The number of carbonyl (C=O) groups excluding carboxylic acids is 1. The van der Waals surface area contributed by atoms with Crippen LogP contribution in [0.25, 0.3) is 0 Å². The van der Waals surface area contributed by atoms with Crippen LogP contribution in [0.1, 0.15) is 44.4 Å². The number of aromatic nitrogens is 2. The highest BCUT2D eigenvalue weighted by atomic mass is 19.4. The van der Waals surface area contributed by atoms with Gasteiger partial charge >= 0.3 is 12.3 Å². The molecule has 0 bridgehead atoms. The van der Waals surface area contributed by atoms with Gasteiger partial charge in [0.1, 0.15) is 11.8 Å². The largest absolute Gasteiger partial charge is 0.444 e. The van der Waals surface area contributed by atoms with Crippen LogP contribution in [-0.2, 0) is 10.3 Å². The average Bonchev–Trinajstić information content (AvgIpc) is 2.77. The Morgan fingerprint density at radius 1 is 1.35 bits per heavy atom. The molecule has 1 aromatic heterocycles.